The van der Waals surface area contributed by atoms with Gasteiger partial charge in [-0.3, -0.25) is 9.97 Å². The lowest BCUT2D eigenvalue weighted by atomic mass is 10.2. The number of fused-ring (bicyclic) bond motifs is 1. The van der Waals surface area contributed by atoms with Crippen molar-refractivity contribution in [2.75, 3.05) is 10.6 Å². The third kappa shape index (κ3) is 3.59. The van der Waals surface area contributed by atoms with Crippen molar-refractivity contribution in [2.24, 2.45) is 0 Å². The standard InChI is InChI=1S/C20H18N6/c1-14-24-18(23-13-16-8-2-3-10-21-16)12-19(25-14)26-17-9-4-6-15-7-5-11-22-20(15)17/h2-12H,13H2,1H3,(H2,23,24,25,26). The van der Waals surface area contributed by atoms with E-state index in [1.807, 2.05) is 61.5 Å². The Hall–Kier alpha value is -3.54. The number of hydrogen-bond acceptors (Lipinski definition) is 6. The van der Waals surface area contributed by atoms with Crippen LogP contribution in [0.1, 0.15) is 11.5 Å². The summed E-state index contributed by atoms with van der Waals surface area (Å²) in [6.45, 7) is 2.48. The van der Waals surface area contributed by atoms with E-state index in [0.717, 1.165) is 33.9 Å². The van der Waals surface area contributed by atoms with Gasteiger partial charge in [0.05, 0.1) is 23.4 Å². The molecule has 0 aliphatic rings. The first-order chi connectivity index (χ1) is 12.8. The zero-order chi connectivity index (χ0) is 17.8. The van der Waals surface area contributed by atoms with E-state index < -0.39 is 0 Å². The number of aryl methyl sites for hydroxylation is 1. The number of para-hydroxylation sites is 1. The number of anilines is 3. The van der Waals surface area contributed by atoms with Crippen molar-refractivity contribution in [3.05, 3.63) is 78.5 Å². The summed E-state index contributed by atoms with van der Waals surface area (Å²) >= 11 is 0. The highest BCUT2D eigenvalue weighted by Gasteiger charge is 2.06. The molecule has 0 saturated carbocycles. The number of hydrogen-bond donors (Lipinski definition) is 2. The zero-order valence-electron chi connectivity index (χ0n) is 14.3. The van der Waals surface area contributed by atoms with Gasteiger partial charge in [-0.25, -0.2) is 9.97 Å². The third-order valence-electron chi connectivity index (χ3n) is 3.91. The first kappa shape index (κ1) is 16.0. The van der Waals surface area contributed by atoms with Gasteiger partial charge in [0.1, 0.15) is 17.5 Å². The van der Waals surface area contributed by atoms with Crippen molar-refractivity contribution in [3.8, 4) is 0 Å². The smallest absolute Gasteiger partial charge is 0.136 e. The van der Waals surface area contributed by atoms with Gasteiger partial charge in [0.15, 0.2) is 0 Å². The lowest BCUT2D eigenvalue weighted by Crippen LogP contribution is -2.06. The molecule has 0 spiro atoms. The minimum atomic E-state index is 0.604. The number of nitrogens with one attached hydrogen (secondary N) is 2. The van der Waals surface area contributed by atoms with Crippen LogP contribution in [0.5, 0.6) is 0 Å². The fourth-order valence-electron chi connectivity index (χ4n) is 2.75. The van der Waals surface area contributed by atoms with E-state index >= 15 is 0 Å². The molecule has 4 aromatic rings. The second kappa shape index (κ2) is 7.14. The van der Waals surface area contributed by atoms with Crippen LogP contribution in [0.25, 0.3) is 10.9 Å². The Labute approximate surface area is 151 Å². The Balaban J connectivity index is 1.58. The Morgan fingerprint density at radius 3 is 2.58 bits per heavy atom. The Bertz CT molecular complexity index is 1030. The monoisotopic (exact) mass is 342 g/mol. The highest BCUT2D eigenvalue weighted by molar-refractivity contribution is 5.91. The van der Waals surface area contributed by atoms with Crippen LogP contribution in [0.4, 0.5) is 17.3 Å². The van der Waals surface area contributed by atoms with Gasteiger partial charge >= 0.3 is 0 Å². The number of pyridine rings is 2. The van der Waals surface area contributed by atoms with E-state index in [2.05, 4.69) is 30.6 Å². The molecule has 0 aliphatic carbocycles. The van der Waals surface area contributed by atoms with Crippen LogP contribution in [-0.2, 0) is 6.54 Å². The van der Waals surface area contributed by atoms with Gasteiger partial charge in [-0.2, -0.15) is 0 Å². The van der Waals surface area contributed by atoms with E-state index in [-0.39, 0.29) is 0 Å². The summed E-state index contributed by atoms with van der Waals surface area (Å²) in [5.74, 6) is 2.16. The quantitative estimate of drug-likeness (QED) is 0.569. The largest absolute Gasteiger partial charge is 0.364 e. The molecule has 6 heteroatoms. The molecule has 0 unspecified atom stereocenters. The Morgan fingerprint density at radius 1 is 0.846 bits per heavy atom. The summed E-state index contributed by atoms with van der Waals surface area (Å²) in [5, 5.41) is 7.73. The summed E-state index contributed by atoms with van der Waals surface area (Å²) in [6.07, 6.45) is 3.57. The molecule has 0 radical (unpaired) electrons. The van der Waals surface area contributed by atoms with Gasteiger partial charge in [-0.05, 0) is 31.2 Å². The van der Waals surface area contributed by atoms with E-state index in [1.54, 1.807) is 12.4 Å². The van der Waals surface area contributed by atoms with Gasteiger partial charge in [0, 0.05) is 23.8 Å². The number of nitrogens with zero attached hydrogens (tertiary/aromatic N) is 4. The maximum Gasteiger partial charge on any atom is 0.136 e. The lowest BCUT2D eigenvalue weighted by Gasteiger charge is -2.11. The highest BCUT2D eigenvalue weighted by Crippen LogP contribution is 2.24. The van der Waals surface area contributed by atoms with E-state index in [4.69, 9.17) is 0 Å². The summed E-state index contributed by atoms with van der Waals surface area (Å²) in [6, 6.07) is 17.7. The van der Waals surface area contributed by atoms with E-state index in [1.165, 1.54) is 0 Å². The molecule has 1 aromatic carbocycles. The molecular formula is C20H18N6. The van der Waals surface area contributed by atoms with Gasteiger partial charge in [0.25, 0.3) is 0 Å². The average Bonchev–Trinajstić information content (AvgIpc) is 2.67. The molecule has 4 rings (SSSR count). The fourth-order valence-corrected chi connectivity index (χ4v) is 2.75. The molecule has 0 aliphatic heterocycles. The predicted octanol–water partition coefficient (Wildman–Crippen LogP) is 4.08. The molecule has 6 nitrogen and oxygen atoms in total. The molecule has 3 heterocycles. The molecule has 0 bridgehead atoms. The second-order valence-corrected chi connectivity index (χ2v) is 5.87. The molecule has 128 valence electrons. The maximum atomic E-state index is 4.49. The van der Waals surface area contributed by atoms with Crippen molar-refractivity contribution in [1.29, 1.82) is 0 Å². The van der Waals surface area contributed by atoms with Crippen LogP contribution >= 0.6 is 0 Å². The predicted molar refractivity (Wildman–Crippen MR) is 103 cm³/mol. The minimum absolute atomic E-state index is 0.604. The van der Waals surface area contributed by atoms with Gasteiger partial charge in [0.2, 0.25) is 0 Å². The van der Waals surface area contributed by atoms with Gasteiger partial charge in [-0.15, -0.1) is 0 Å². The second-order valence-electron chi connectivity index (χ2n) is 5.87. The number of rotatable bonds is 5. The molecule has 0 saturated heterocycles. The normalized spacial score (nSPS) is 10.7. The summed E-state index contributed by atoms with van der Waals surface area (Å²) < 4.78 is 0. The molecular weight excluding hydrogens is 324 g/mol. The van der Waals surface area contributed by atoms with Gasteiger partial charge in [-0.1, -0.05) is 24.3 Å². The van der Waals surface area contributed by atoms with Crippen molar-refractivity contribution in [2.45, 2.75) is 13.5 Å². The van der Waals surface area contributed by atoms with Crippen LogP contribution < -0.4 is 10.6 Å². The summed E-state index contributed by atoms with van der Waals surface area (Å²) in [4.78, 5) is 17.7. The SMILES string of the molecule is Cc1nc(NCc2ccccn2)cc(Nc2cccc3cccnc23)n1. The molecule has 26 heavy (non-hydrogen) atoms. The number of benzene rings is 1. The van der Waals surface area contributed by atoms with Crippen LogP contribution in [0.15, 0.2) is 67.0 Å². The van der Waals surface area contributed by atoms with Crippen molar-refractivity contribution in [1.82, 2.24) is 19.9 Å². The van der Waals surface area contributed by atoms with E-state index in [9.17, 15) is 0 Å². The molecule has 0 fully saturated rings. The summed E-state index contributed by atoms with van der Waals surface area (Å²) in [5.41, 5.74) is 2.78. The van der Waals surface area contributed by atoms with Crippen LogP contribution in [-0.4, -0.2) is 19.9 Å². The Kier molecular flexibility index (Phi) is 4.38. The van der Waals surface area contributed by atoms with E-state index in [0.29, 0.717) is 12.4 Å². The van der Waals surface area contributed by atoms with Crippen molar-refractivity contribution in [3.63, 3.8) is 0 Å². The molecule has 0 amide bonds. The van der Waals surface area contributed by atoms with Crippen LogP contribution in [0.2, 0.25) is 0 Å². The first-order valence-electron chi connectivity index (χ1n) is 8.38. The van der Waals surface area contributed by atoms with Gasteiger partial charge < -0.3 is 10.6 Å². The molecule has 0 atom stereocenters. The third-order valence-corrected chi connectivity index (χ3v) is 3.91. The van der Waals surface area contributed by atoms with Crippen molar-refractivity contribution < 1.29 is 0 Å². The minimum Gasteiger partial charge on any atom is -0.364 e. The lowest BCUT2D eigenvalue weighted by molar-refractivity contribution is 0.996. The Morgan fingerprint density at radius 2 is 1.69 bits per heavy atom. The topological polar surface area (TPSA) is 75.6 Å². The fraction of sp³-hybridized carbons (Fsp3) is 0.100. The average molecular weight is 342 g/mol. The molecule has 2 N–H and O–H groups in total. The zero-order valence-corrected chi connectivity index (χ0v) is 14.3. The number of aromatic nitrogens is 4. The maximum absolute atomic E-state index is 4.49. The molecule has 3 aromatic heterocycles. The van der Waals surface area contributed by atoms with Crippen molar-refractivity contribution >= 4 is 28.2 Å². The van der Waals surface area contributed by atoms with Crippen LogP contribution in [0, 0.1) is 6.92 Å². The highest BCUT2D eigenvalue weighted by atomic mass is 15.1. The van der Waals surface area contributed by atoms with Crippen LogP contribution in [0.3, 0.4) is 0 Å². The first-order valence-corrected chi connectivity index (χ1v) is 8.38. The summed E-state index contributed by atoms with van der Waals surface area (Å²) in [7, 11) is 0.